The molecule has 5 heteroatoms. The van der Waals surface area contributed by atoms with Gasteiger partial charge in [-0.3, -0.25) is 9.00 Å². The molecule has 0 aliphatic rings. The number of hydrogen-bond acceptors (Lipinski definition) is 3. The minimum absolute atomic E-state index is 0.278. The molecule has 4 nitrogen and oxygen atoms in total. The van der Waals surface area contributed by atoms with Gasteiger partial charge in [0.05, 0.1) is 16.6 Å². The van der Waals surface area contributed by atoms with Crippen LogP contribution in [0.3, 0.4) is 0 Å². The molecule has 1 unspecified atom stereocenters. The average molecular weight is 342 g/mol. The molecule has 0 heterocycles. The molecule has 0 radical (unpaired) electrons. The van der Waals surface area contributed by atoms with Gasteiger partial charge in [0.1, 0.15) is 4.91 Å². The van der Waals surface area contributed by atoms with Gasteiger partial charge in [0.25, 0.3) is 5.91 Å². The van der Waals surface area contributed by atoms with E-state index in [1.807, 2.05) is 74.8 Å². The van der Waals surface area contributed by atoms with Crippen molar-refractivity contribution >= 4 is 16.7 Å². The van der Waals surface area contributed by atoms with Crippen LogP contribution in [-0.4, -0.2) is 29.1 Å². The summed E-state index contributed by atoms with van der Waals surface area (Å²) in [5.41, 5.74) is 1.94. The third-order valence-corrected chi connectivity index (χ3v) is 4.66. The van der Waals surface area contributed by atoms with Crippen molar-refractivity contribution in [3.8, 4) is 0 Å². The summed E-state index contributed by atoms with van der Waals surface area (Å²) in [5.74, 6) is 0.0148. The van der Waals surface area contributed by atoms with Crippen molar-refractivity contribution < 1.29 is 9.00 Å². The first kappa shape index (κ1) is 17.9. The summed E-state index contributed by atoms with van der Waals surface area (Å²) in [4.78, 5) is 14.5. The standard InChI is InChI=1S/C19H22N2O2S/c1-21(2)14-18(24(23)15-17-11-7-4-8-12-17)19(22)20-13-16-9-5-3-6-10-16/h3-12,14H,13,15H2,1-2H3,(H,20,22)/b18-14-. The topological polar surface area (TPSA) is 49.4 Å². The largest absolute Gasteiger partial charge is 0.382 e. The second-order valence-corrected chi connectivity index (χ2v) is 7.02. The molecule has 0 aliphatic carbocycles. The molecule has 2 aromatic carbocycles. The molecule has 0 bridgehead atoms. The summed E-state index contributed by atoms with van der Waals surface area (Å²) in [7, 11) is 2.21. The van der Waals surface area contributed by atoms with Gasteiger partial charge in [-0.05, 0) is 11.1 Å². The number of benzene rings is 2. The molecule has 1 atom stereocenters. The molecular formula is C19H22N2O2S. The number of rotatable bonds is 7. The summed E-state index contributed by atoms with van der Waals surface area (Å²) >= 11 is 0. The zero-order valence-corrected chi connectivity index (χ0v) is 14.8. The van der Waals surface area contributed by atoms with Gasteiger partial charge in [0.15, 0.2) is 0 Å². The minimum atomic E-state index is -1.41. The first-order valence-corrected chi connectivity index (χ1v) is 9.01. The van der Waals surface area contributed by atoms with Gasteiger partial charge < -0.3 is 10.2 Å². The van der Waals surface area contributed by atoms with Crippen LogP contribution in [0.1, 0.15) is 11.1 Å². The van der Waals surface area contributed by atoms with Gasteiger partial charge in [0.2, 0.25) is 0 Å². The third-order valence-electron chi connectivity index (χ3n) is 3.28. The van der Waals surface area contributed by atoms with Crippen LogP contribution >= 0.6 is 0 Å². The van der Waals surface area contributed by atoms with Crippen molar-refractivity contribution in [3.05, 3.63) is 82.9 Å². The maximum absolute atomic E-state index is 12.7. The lowest BCUT2D eigenvalue weighted by atomic mass is 10.2. The fourth-order valence-corrected chi connectivity index (χ4v) is 3.38. The van der Waals surface area contributed by atoms with Crippen LogP contribution in [-0.2, 0) is 27.9 Å². The maximum atomic E-state index is 12.7. The Labute approximate surface area is 145 Å². The molecule has 2 rings (SSSR count). The highest BCUT2D eigenvalue weighted by Gasteiger charge is 2.17. The van der Waals surface area contributed by atoms with Gasteiger partial charge in [-0.2, -0.15) is 0 Å². The lowest BCUT2D eigenvalue weighted by Crippen LogP contribution is -2.28. The Kier molecular flexibility index (Phi) is 6.75. The number of nitrogens with zero attached hydrogens (tertiary/aromatic N) is 1. The fraction of sp³-hybridized carbons (Fsp3) is 0.211. The molecule has 0 fully saturated rings. The van der Waals surface area contributed by atoms with Crippen LogP contribution in [0, 0.1) is 0 Å². The molecule has 0 spiro atoms. The molecule has 0 aromatic heterocycles. The minimum Gasteiger partial charge on any atom is -0.382 e. The second-order valence-electron chi connectivity index (χ2n) is 5.60. The van der Waals surface area contributed by atoms with Gasteiger partial charge in [-0.1, -0.05) is 60.7 Å². The molecule has 0 saturated carbocycles. The van der Waals surface area contributed by atoms with E-state index in [9.17, 15) is 9.00 Å². The normalized spacial score (nSPS) is 12.5. The zero-order valence-electron chi connectivity index (χ0n) is 13.9. The highest BCUT2D eigenvalue weighted by Crippen LogP contribution is 2.11. The van der Waals surface area contributed by atoms with E-state index in [0.29, 0.717) is 12.3 Å². The Bertz CT molecular complexity index is 713. The number of carbonyl (C=O) groups excluding carboxylic acids is 1. The molecule has 0 aliphatic heterocycles. The van der Waals surface area contributed by atoms with Crippen LogP contribution in [0.5, 0.6) is 0 Å². The number of amides is 1. The molecule has 1 amide bonds. The summed E-state index contributed by atoms with van der Waals surface area (Å²) in [5, 5.41) is 2.84. The number of nitrogens with one attached hydrogen (secondary N) is 1. The van der Waals surface area contributed by atoms with Crippen LogP contribution < -0.4 is 5.32 Å². The van der Waals surface area contributed by atoms with Crippen LogP contribution in [0.4, 0.5) is 0 Å². The third kappa shape index (κ3) is 5.66. The van der Waals surface area contributed by atoms with Gasteiger partial charge in [-0.15, -0.1) is 0 Å². The van der Waals surface area contributed by atoms with Gasteiger partial charge in [-0.25, -0.2) is 0 Å². The van der Waals surface area contributed by atoms with E-state index in [1.54, 1.807) is 11.1 Å². The SMILES string of the molecule is CN(C)/C=C(/C(=O)NCc1ccccc1)S(=O)Cc1ccccc1. The first-order chi connectivity index (χ1) is 11.6. The highest BCUT2D eigenvalue weighted by atomic mass is 32.2. The van der Waals surface area contributed by atoms with E-state index in [1.165, 1.54) is 0 Å². The predicted octanol–water partition coefficient (Wildman–Crippen LogP) is 2.65. The Morgan fingerprint density at radius 1 is 1.00 bits per heavy atom. The summed E-state index contributed by atoms with van der Waals surface area (Å²) in [6.07, 6.45) is 1.62. The molecule has 0 saturated heterocycles. The summed E-state index contributed by atoms with van der Waals surface area (Å²) in [6.45, 7) is 0.410. The lowest BCUT2D eigenvalue weighted by Gasteiger charge is -2.12. The zero-order chi connectivity index (χ0) is 17.4. The van der Waals surface area contributed by atoms with Crippen molar-refractivity contribution in [2.24, 2.45) is 0 Å². The smallest absolute Gasteiger partial charge is 0.262 e. The van der Waals surface area contributed by atoms with Gasteiger partial charge >= 0.3 is 0 Å². The van der Waals surface area contributed by atoms with E-state index >= 15 is 0 Å². The van der Waals surface area contributed by atoms with Crippen LogP contribution in [0.15, 0.2) is 71.8 Å². The second kappa shape index (κ2) is 9.03. The first-order valence-electron chi connectivity index (χ1n) is 7.69. The average Bonchev–Trinajstić information content (AvgIpc) is 2.59. The predicted molar refractivity (Wildman–Crippen MR) is 98.3 cm³/mol. The quantitative estimate of drug-likeness (QED) is 0.787. The van der Waals surface area contributed by atoms with Crippen molar-refractivity contribution in [2.45, 2.75) is 12.3 Å². The Morgan fingerprint density at radius 2 is 1.54 bits per heavy atom. The molecule has 24 heavy (non-hydrogen) atoms. The molecule has 1 N–H and O–H groups in total. The molecular weight excluding hydrogens is 320 g/mol. The van der Waals surface area contributed by atoms with Crippen molar-refractivity contribution in [2.75, 3.05) is 14.1 Å². The van der Waals surface area contributed by atoms with E-state index in [4.69, 9.17) is 0 Å². The number of carbonyl (C=O) groups is 1. The van der Waals surface area contributed by atoms with Crippen molar-refractivity contribution in [1.29, 1.82) is 0 Å². The molecule has 126 valence electrons. The van der Waals surface area contributed by atoms with Crippen LogP contribution in [0.25, 0.3) is 0 Å². The highest BCUT2D eigenvalue weighted by molar-refractivity contribution is 7.89. The maximum Gasteiger partial charge on any atom is 0.262 e. The lowest BCUT2D eigenvalue weighted by molar-refractivity contribution is -0.117. The van der Waals surface area contributed by atoms with E-state index in [-0.39, 0.29) is 10.8 Å². The summed E-state index contributed by atoms with van der Waals surface area (Å²) < 4.78 is 12.7. The van der Waals surface area contributed by atoms with Crippen LogP contribution in [0.2, 0.25) is 0 Å². The monoisotopic (exact) mass is 342 g/mol. The Morgan fingerprint density at radius 3 is 2.08 bits per heavy atom. The Hall–Kier alpha value is -2.40. The van der Waals surface area contributed by atoms with E-state index in [0.717, 1.165) is 11.1 Å². The molecule has 2 aromatic rings. The number of hydrogen-bond donors (Lipinski definition) is 1. The van der Waals surface area contributed by atoms with E-state index in [2.05, 4.69) is 5.32 Å². The van der Waals surface area contributed by atoms with E-state index < -0.39 is 10.8 Å². The summed E-state index contributed by atoms with van der Waals surface area (Å²) in [6, 6.07) is 19.2. The van der Waals surface area contributed by atoms with Gasteiger partial charge in [0, 0.05) is 26.8 Å². The Balaban J connectivity index is 2.07. The van der Waals surface area contributed by atoms with Crippen molar-refractivity contribution in [3.63, 3.8) is 0 Å². The fourth-order valence-electron chi connectivity index (χ4n) is 2.12. The van der Waals surface area contributed by atoms with Crippen molar-refractivity contribution in [1.82, 2.24) is 10.2 Å².